The molecule has 1 fully saturated rings. The van der Waals surface area contributed by atoms with Gasteiger partial charge in [0.1, 0.15) is 12.4 Å². The van der Waals surface area contributed by atoms with Crippen molar-refractivity contribution >= 4 is 34.9 Å². The molecule has 1 aliphatic heterocycles. The average Bonchev–Trinajstić information content (AvgIpc) is 3.58. The topological polar surface area (TPSA) is 67.2 Å². The minimum Gasteiger partial charge on any atom is -0.326 e. The molecule has 1 aliphatic rings. The van der Waals surface area contributed by atoms with Crippen molar-refractivity contribution in [1.82, 2.24) is 14.3 Å². The van der Waals surface area contributed by atoms with Crippen molar-refractivity contribution in [2.45, 2.75) is 12.7 Å². The van der Waals surface area contributed by atoms with Crippen molar-refractivity contribution in [3.63, 3.8) is 0 Å². The van der Waals surface area contributed by atoms with E-state index in [9.17, 15) is 22.2 Å². The summed E-state index contributed by atoms with van der Waals surface area (Å²) in [5.41, 5.74) is 4.85. The third-order valence-corrected chi connectivity index (χ3v) is 8.14. The van der Waals surface area contributed by atoms with E-state index >= 15 is 0 Å². The van der Waals surface area contributed by atoms with Crippen LogP contribution in [0, 0.1) is 0 Å². The van der Waals surface area contributed by atoms with Gasteiger partial charge in [-0.25, -0.2) is 9.19 Å². The molecule has 0 aliphatic carbocycles. The van der Waals surface area contributed by atoms with Gasteiger partial charge in [-0.05, 0) is 52.6 Å². The predicted octanol–water partition coefficient (Wildman–Crippen LogP) is 6.97. The maximum atomic E-state index is 13.2. The van der Waals surface area contributed by atoms with Crippen LogP contribution in [0.25, 0.3) is 34.5 Å². The van der Waals surface area contributed by atoms with Crippen LogP contribution in [0.4, 0.5) is 18.9 Å². The molecule has 6 rings (SSSR count). The van der Waals surface area contributed by atoms with Gasteiger partial charge in [-0.2, -0.15) is 13.2 Å². The summed E-state index contributed by atoms with van der Waals surface area (Å²) >= 11 is -1.58. The second kappa shape index (κ2) is 11.7. The van der Waals surface area contributed by atoms with Gasteiger partial charge in [-0.3, -0.25) is 13.8 Å². The Kier molecular flexibility index (Phi) is 7.69. The average molecular weight is 599 g/mol. The Morgan fingerprint density at radius 1 is 0.837 bits per heavy atom. The zero-order chi connectivity index (χ0) is 30.0. The van der Waals surface area contributed by atoms with E-state index < -0.39 is 22.9 Å². The van der Waals surface area contributed by atoms with E-state index in [0.717, 1.165) is 40.3 Å². The molecule has 216 valence electrons. The molecule has 1 amide bonds. The lowest BCUT2D eigenvalue weighted by Gasteiger charge is -2.14. The summed E-state index contributed by atoms with van der Waals surface area (Å²) in [7, 11) is 0. The molecule has 0 saturated carbocycles. The highest BCUT2D eigenvalue weighted by Crippen LogP contribution is 2.32. The number of hydrogen-bond donors (Lipinski definition) is 1. The second-order valence-electron chi connectivity index (χ2n) is 9.99. The minimum atomic E-state index is -4.40. The molecule has 1 unspecified atom stereocenters. The number of alkyl halides is 3. The van der Waals surface area contributed by atoms with Gasteiger partial charge in [0.05, 0.1) is 16.9 Å². The Morgan fingerprint density at radius 3 is 2.23 bits per heavy atom. The van der Waals surface area contributed by atoms with Crippen molar-refractivity contribution < 1.29 is 22.2 Å². The largest absolute Gasteiger partial charge is 0.416 e. The SMILES string of the molecule is O=C1CN(c2ccc(Cn3cc(-c4ccccc4)nc3/C=C/c3ccc(-c4cccc(C(F)(F)F)c4)cc3)cc2)S(=O)N1. The summed E-state index contributed by atoms with van der Waals surface area (Å²) in [4.78, 5) is 16.5. The fourth-order valence-corrected chi connectivity index (χ4v) is 5.71. The fraction of sp³-hybridized carbons (Fsp3) is 0.0909. The van der Waals surface area contributed by atoms with Gasteiger partial charge in [-0.15, -0.1) is 0 Å². The lowest BCUT2D eigenvalue weighted by molar-refractivity contribution is -0.137. The third-order valence-electron chi connectivity index (χ3n) is 7.00. The van der Waals surface area contributed by atoms with Crippen LogP contribution >= 0.6 is 0 Å². The highest BCUT2D eigenvalue weighted by Gasteiger charge is 2.30. The van der Waals surface area contributed by atoms with E-state index in [1.807, 2.05) is 89.6 Å². The molecule has 2 heterocycles. The number of anilines is 1. The molecule has 0 bridgehead atoms. The van der Waals surface area contributed by atoms with E-state index in [0.29, 0.717) is 23.4 Å². The molecule has 6 nitrogen and oxygen atoms in total. The van der Waals surface area contributed by atoms with Gasteiger partial charge in [0.25, 0.3) is 5.91 Å². The van der Waals surface area contributed by atoms with Crippen LogP contribution in [-0.4, -0.2) is 26.2 Å². The Morgan fingerprint density at radius 2 is 1.56 bits per heavy atom. The Balaban J connectivity index is 1.24. The lowest BCUT2D eigenvalue weighted by atomic mass is 10.0. The van der Waals surface area contributed by atoms with E-state index in [1.54, 1.807) is 18.2 Å². The lowest BCUT2D eigenvalue weighted by Crippen LogP contribution is -2.22. The number of benzene rings is 4. The van der Waals surface area contributed by atoms with Crippen molar-refractivity contribution in [3.05, 3.63) is 132 Å². The first kappa shape index (κ1) is 28.2. The van der Waals surface area contributed by atoms with Crippen molar-refractivity contribution in [3.8, 4) is 22.4 Å². The van der Waals surface area contributed by atoms with Crippen LogP contribution in [-0.2, 0) is 28.7 Å². The molecular formula is C33H25F3N4O2S. The highest BCUT2D eigenvalue weighted by molar-refractivity contribution is 7.85. The summed E-state index contributed by atoms with van der Waals surface area (Å²) in [5, 5.41) is 0. The Labute approximate surface area is 248 Å². The standard InChI is InChI=1S/C33H25F3N4O2S/c34-33(35,36)28-8-4-7-27(19-28)25-14-9-23(10-15-25)13-18-31-37-30(26-5-2-1-3-6-26)21-39(31)20-24-11-16-29(17-12-24)40-22-32(41)38-43(40)42/h1-19,21H,20,22H2,(H,38,41)/b18-13+. The normalized spacial score (nSPS) is 15.3. The smallest absolute Gasteiger partial charge is 0.326 e. The number of imidazole rings is 1. The molecule has 4 aromatic carbocycles. The van der Waals surface area contributed by atoms with Crippen molar-refractivity contribution in [2.24, 2.45) is 0 Å². The van der Waals surface area contributed by atoms with Gasteiger partial charge >= 0.3 is 6.18 Å². The first-order valence-corrected chi connectivity index (χ1v) is 14.5. The molecule has 0 spiro atoms. The number of carbonyl (C=O) groups is 1. The van der Waals surface area contributed by atoms with Crippen LogP contribution in [0.1, 0.15) is 22.5 Å². The number of aromatic nitrogens is 2. The van der Waals surface area contributed by atoms with Crippen LogP contribution in [0.2, 0.25) is 0 Å². The molecule has 1 atom stereocenters. The molecular weight excluding hydrogens is 573 g/mol. The third kappa shape index (κ3) is 6.44. The molecule has 1 saturated heterocycles. The highest BCUT2D eigenvalue weighted by atomic mass is 32.2. The molecule has 0 radical (unpaired) electrons. The molecule has 1 N–H and O–H groups in total. The van der Waals surface area contributed by atoms with Gasteiger partial charge in [0.15, 0.2) is 0 Å². The van der Waals surface area contributed by atoms with E-state index in [4.69, 9.17) is 4.98 Å². The molecule has 1 aromatic heterocycles. The Hall–Kier alpha value is -4.96. The van der Waals surface area contributed by atoms with Crippen molar-refractivity contribution in [2.75, 3.05) is 10.8 Å². The number of hydrogen-bond acceptors (Lipinski definition) is 3. The zero-order valence-electron chi connectivity index (χ0n) is 22.7. The fourth-order valence-electron chi connectivity index (χ4n) is 4.80. The quantitative estimate of drug-likeness (QED) is 0.220. The summed E-state index contributed by atoms with van der Waals surface area (Å²) < 4.78 is 57.5. The number of nitrogens with zero attached hydrogens (tertiary/aromatic N) is 3. The van der Waals surface area contributed by atoms with Gasteiger partial charge < -0.3 is 4.57 Å². The van der Waals surface area contributed by atoms with Gasteiger partial charge in [-0.1, -0.05) is 84.9 Å². The number of carbonyl (C=O) groups excluding carboxylic acids is 1. The van der Waals surface area contributed by atoms with Crippen LogP contribution in [0.3, 0.4) is 0 Å². The molecule has 10 heteroatoms. The first-order chi connectivity index (χ1) is 20.7. The van der Waals surface area contributed by atoms with E-state index in [2.05, 4.69) is 4.72 Å². The maximum Gasteiger partial charge on any atom is 0.416 e. The number of nitrogens with one attached hydrogen (secondary N) is 1. The summed E-state index contributed by atoms with van der Waals surface area (Å²) in [5.74, 6) is 0.441. The van der Waals surface area contributed by atoms with Crippen LogP contribution in [0.5, 0.6) is 0 Å². The van der Waals surface area contributed by atoms with Crippen molar-refractivity contribution in [1.29, 1.82) is 0 Å². The number of rotatable bonds is 7. The van der Waals surface area contributed by atoms with Gasteiger partial charge in [0, 0.05) is 18.3 Å². The summed E-state index contributed by atoms with van der Waals surface area (Å²) in [6, 6.07) is 30.0. The molecule has 5 aromatic rings. The van der Waals surface area contributed by atoms with Gasteiger partial charge in [0.2, 0.25) is 11.2 Å². The maximum absolute atomic E-state index is 13.2. The van der Waals surface area contributed by atoms with Crippen LogP contribution < -0.4 is 9.03 Å². The van der Waals surface area contributed by atoms with E-state index in [-0.39, 0.29) is 12.5 Å². The zero-order valence-corrected chi connectivity index (χ0v) is 23.5. The molecule has 43 heavy (non-hydrogen) atoms. The Bertz CT molecular complexity index is 1820. The monoisotopic (exact) mass is 598 g/mol. The summed E-state index contributed by atoms with van der Waals surface area (Å²) in [6.07, 6.45) is 1.41. The second-order valence-corrected chi connectivity index (χ2v) is 11.1. The number of halogens is 3. The minimum absolute atomic E-state index is 0.0454. The first-order valence-electron chi connectivity index (χ1n) is 13.4. The predicted molar refractivity (Wildman–Crippen MR) is 163 cm³/mol. The number of amides is 1. The van der Waals surface area contributed by atoms with Crippen LogP contribution in [0.15, 0.2) is 109 Å². The van der Waals surface area contributed by atoms with E-state index in [1.165, 1.54) is 10.4 Å². The summed E-state index contributed by atoms with van der Waals surface area (Å²) in [6.45, 7) is 0.568.